The van der Waals surface area contributed by atoms with Gasteiger partial charge in [-0.3, -0.25) is 0 Å². The maximum atomic E-state index is 5.80. The highest BCUT2D eigenvalue weighted by molar-refractivity contribution is 5.31. The Balaban J connectivity index is 1.72. The predicted molar refractivity (Wildman–Crippen MR) is 77.1 cm³/mol. The Labute approximate surface area is 115 Å². The van der Waals surface area contributed by atoms with E-state index in [1.165, 1.54) is 24.0 Å². The minimum Gasteiger partial charge on any atom is -0.377 e. The molecule has 0 aliphatic carbocycles. The fraction of sp³-hybridized carbons (Fsp3) is 0.625. The molecule has 3 atom stereocenters. The topological polar surface area (TPSA) is 33.3 Å². The van der Waals surface area contributed by atoms with E-state index in [0.29, 0.717) is 18.2 Å². The summed E-state index contributed by atoms with van der Waals surface area (Å²) in [6, 6.07) is 9.66. The fourth-order valence-corrected chi connectivity index (χ4v) is 3.25. The standard InChI is InChI=1S/C16H24N2O/c1-12(16-7-4-10-19-16)18-15-8-9-17-11-13-5-2-3-6-14(13)15/h2-3,5-6,12,15-18H,4,7-11H2,1H3. The number of hydrogen-bond acceptors (Lipinski definition) is 3. The van der Waals surface area contributed by atoms with Gasteiger partial charge in [-0.15, -0.1) is 0 Å². The number of benzene rings is 1. The lowest BCUT2D eigenvalue weighted by atomic mass is 9.97. The van der Waals surface area contributed by atoms with Gasteiger partial charge in [0, 0.05) is 25.2 Å². The molecule has 0 spiro atoms. The number of fused-ring (bicyclic) bond motifs is 1. The summed E-state index contributed by atoms with van der Waals surface area (Å²) < 4.78 is 5.80. The Morgan fingerprint density at radius 2 is 2.21 bits per heavy atom. The van der Waals surface area contributed by atoms with Crippen molar-refractivity contribution in [3.63, 3.8) is 0 Å². The summed E-state index contributed by atoms with van der Waals surface area (Å²) >= 11 is 0. The van der Waals surface area contributed by atoms with E-state index >= 15 is 0 Å². The molecule has 1 fully saturated rings. The zero-order chi connectivity index (χ0) is 13.1. The summed E-state index contributed by atoms with van der Waals surface area (Å²) in [5.74, 6) is 0. The van der Waals surface area contributed by atoms with Crippen molar-refractivity contribution in [2.24, 2.45) is 0 Å². The van der Waals surface area contributed by atoms with Gasteiger partial charge < -0.3 is 15.4 Å². The number of hydrogen-bond donors (Lipinski definition) is 2. The second-order valence-corrected chi connectivity index (χ2v) is 5.72. The molecule has 0 amide bonds. The molecule has 3 nitrogen and oxygen atoms in total. The van der Waals surface area contributed by atoms with E-state index in [9.17, 15) is 0 Å². The van der Waals surface area contributed by atoms with Crippen LogP contribution in [0.1, 0.15) is 43.4 Å². The lowest BCUT2D eigenvalue weighted by Gasteiger charge is -2.27. The monoisotopic (exact) mass is 260 g/mol. The zero-order valence-electron chi connectivity index (χ0n) is 11.7. The van der Waals surface area contributed by atoms with E-state index in [1.807, 2.05) is 0 Å². The molecule has 0 aromatic heterocycles. The van der Waals surface area contributed by atoms with Gasteiger partial charge in [0.25, 0.3) is 0 Å². The van der Waals surface area contributed by atoms with E-state index in [0.717, 1.165) is 26.1 Å². The third-order valence-electron chi connectivity index (χ3n) is 4.34. The Morgan fingerprint density at radius 3 is 3.05 bits per heavy atom. The molecule has 104 valence electrons. The van der Waals surface area contributed by atoms with Gasteiger partial charge in [0.15, 0.2) is 0 Å². The maximum Gasteiger partial charge on any atom is 0.0726 e. The molecule has 0 radical (unpaired) electrons. The van der Waals surface area contributed by atoms with Crippen molar-refractivity contribution in [2.75, 3.05) is 13.2 Å². The van der Waals surface area contributed by atoms with Crippen LogP contribution in [-0.4, -0.2) is 25.3 Å². The molecule has 2 aliphatic rings. The Morgan fingerprint density at radius 1 is 1.32 bits per heavy atom. The summed E-state index contributed by atoms with van der Waals surface area (Å²) in [6.45, 7) is 5.25. The number of ether oxygens (including phenoxy) is 1. The first-order valence-corrected chi connectivity index (χ1v) is 7.51. The van der Waals surface area contributed by atoms with Crippen molar-refractivity contribution in [2.45, 2.75) is 50.9 Å². The van der Waals surface area contributed by atoms with Gasteiger partial charge in [-0.2, -0.15) is 0 Å². The molecule has 3 heteroatoms. The Hall–Kier alpha value is -0.900. The van der Waals surface area contributed by atoms with Gasteiger partial charge in [0.1, 0.15) is 0 Å². The third kappa shape index (κ3) is 2.99. The zero-order valence-corrected chi connectivity index (χ0v) is 11.7. The van der Waals surface area contributed by atoms with Gasteiger partial charge in [-0.25, -0.2) is 0 Å². The van der Waals surface area contributed by atoms with Crippen LogP contribution < -0.4 is 10.6 Å². The lowest BCUT2D eigenvalue weighted by Crippen LogP contribution is -2.39. The van der Waals surface area contributed by atoms with Crippen molar-refractivity contribution in [3.8, 4) is 0 Å². The molecule has 1 saturated heterocycles. The van der Waals surface area contributed by atoms with E-state index in [2.05, 4.69) is 41.8 Å². The SMILES string of the molecule is CC(NC1CCNCc2ccccc21)C1CCCO1. The van der Waals surface area contributed by atoms with E-state index < -0.39 is 0 Å². The van der Waals surface area contributed by atoms with E-state index in [4.69, 9.17) is 4.74 Å². The molecule has 0 saturated carbocycles. The summed E-state index contributed by atoms with van der Waals surface area (Å²) in [5.41, 5.74) is 2.88. The van der Waals surface area contributed by atoms with Crippen molar-refractivity contribution in [3.05, 3.63) is 35.4 Å². The molecule has 1 aromatic rings. The van der Waals surface area contributed by atoms with Gasteiger partial charge in [0.05, 0.1) is 6.10 Å². The highest BCUT2D eigenvalue weighted by atomic mass is 16.5. The number of rotatable bonds is 3. The van der Waals surface area contributed by atoms with Crippen LogP contribution in [0.4, 0.5) is 0 Å². The van der Waals surface area contributed by atoms with Gasteiger partial charge in [-0.1, -0.05) is 24.3 Å². The molecule has 3 unspecified atom stereocenters. The van der Waals surface area contributed by atoms with Crippen LogP contribution in [0.15, 0.2) is 24.3 Å². The highest BCUT2D eigenvalue weighted by Gasteiger charge is 2.26. The normalized spacial score (nSPS) is 28.7. The molecule has 2 heterocycles. The molecule has 2 N–H and O–H groups in total. The summed E-state index contributed by atoms with van der Waals surface area (Å²) in [5, 5.41) is 7.30. The quantitative estimate of drug-likeness (QED) is 0.875. The van der Waals surface area contributed by atoms with Gasteiger partial charge in [0.2, 0.25) is 0 Å². The third-order valence-corrected chi connectivity index (χ3v) is 4.34. The average molecular weight is 260 g/mol. The molecule has 2 aliphatic heterocycles. The van der Waals surface area contributed by atoms with Crippen LogP contribution >= 0.6 is 0 Å². The van der Waals surface area contributed by atoms with Crippen molar-refractivity contribution >= 4 is 0 Å². The minimum absolute atomic E-state index is 0.392. The lowest BCUT2D eigenvalue weighted by molar-refractivity contribution is 0.0793. The van der Waals surface area contributed by atoms with Crippen molar-refractivity contribution < 1.29 is 4.74 Å². The first kappa shape index (κ1) is 13.1. The fourth-order valence-electron chi connectivity index (χ4n) is 3.25. The first-order chi connectivity index (χ1) is 9.34. The van der Waals surface area contributed by atoms with Gasteiger partial charge >= 0.3 is 0 Å². The van der Waals surface area contributed by atoms with E-state index in [1.54, 1.807) is 0 Å². The molecular weight excluding hydrogens is 236 g/mol. The second-order valence-electron chi connectivity index (χ2n) is 5.72. The highest BCUT2D eigenvalue weighted by Crippen LogP contribution is 2.25. The number of nitrogens with one attached hydrogen (secondary N) is 2. The summed E-state index contributed by atoms with van der Waals surface area (Å²) in [6.07, 6.45) is 3.94. The maximum absolute atomic E-state index is 5.80. The molecular formula is C16H24N2O. The Kier molecular flexibility index (Phi) is 4.16. The van der Waals surface area contributed by atoms with Gasteiger partial charge in [-0.05, 0) is 43.9 Å². The van der Waals surface area contributed by atoms with E-state index in [-0.39, 0.29) is 0 Å². The summed E-state index contributed by atoms with van der Waals surface area (Å²) in [7, 11) is 0. The van der Waals surface area contributed by atoms with Crippen LogP contribution in [-0.2, 0) is 11.3 Å². The molecule has 3 rings (SSSR count). The summed E-state index contributed by atoms with van der Waals surface area (Å²) in [4.78, 5) is 0. The van der Waals surface area contributed by atoms with Crippen molar-refractivity contribution in [1.82, 2.24) is 10.6 Å². The molecule has 0 bridgehead atoms. The molecule has 1 aromatic carbocycles. The smallest absolute Gasteiger partial charge is 0.0726 e. The van der Waals surface area contributed by atoms with Crippen molar-refractivity contribution in [1.29, 1.82) is 0 Å². The van der Waals surface area contributed by atoms with Crippen LogP contribution in [0.5, 0.6) is 0 Å². The predicted octanol–water partition coefficient (Wildman–Crippen LogP) is 2.38. The van der Waals surface area contributed by atoms with Crippen LogP contribution in [0.2, 0.25) is 0 Å². The van der Waals surface area contributed by atoms with Crippen LogP contribution in [0, 0.1) is 0 Å². The molecule has 19 heavy (non-hydrogen) atoms. The van der Waals surface area contributed by atoms with Crippen LogP contribution in [0.3, 0.4) is 0 Å². The largest absolute Gasteiger partial charge is 0.377 e. The minimum atomic E-state index is 0.392. The second kappa shape index (κ2) is 6.04. The first-order valence-electron chi connectivity index (χ1n) is 7.51. The van der Waals surface area contributed by atoms with Crippen LogP contribution in [0.25, 0.3) is 0 Å². The Bertz CT molecular complexity index is 415. The average Bonchev–Trinajstić information content (AvgIpc) is 2.90.